The van der Waals surface area contributed by atoms with Crippen molar-refractivity contribution in [1.82, 2.24) is 5.32 Å². The van der Waals surface area contributed by atoms with Crippen LogP contribution in [0, 0.1) is 0 Å². The first-order valence-corrected chi connectivity index (χ1v) is 8.26. The summed E-state index contributed by atoms with van der Waals surface area (Å²) in [5.41, 5.74) is 2.09. The van der Waals surface area contributed by atoms with Gasteiger partial charge in [0.25, 0.3) is 0 Å². The molecular formula is C21H21NO4. The number of nitrogens with one attached hydrogen (secondary N) is 1. The van der Waals surface area contributed by atoms with E-state index < -0.39 is 12.1 Å². The van der Waals surface area contributed by atoms with E-state index in [0.717, 1.165) is 11.1 Å². The second kappa shape index (κ2) is 10.5. The first-order chi connectivity index (χ1) is 12.7. The fourth-order valence-electron chi connectivity index (χ4n) is 2.06. The van der Waals surface area contributed by atoms with E-state index >= 15 is 0 Å². The highest BCUT2D eigenvalue weighted by Gasteiger charge is 2.07. The van der Waals surface area contributed by atoms with Gasteiger partial charge < -0.3 is 9.47 Å². The molecule has 2 rings (SSSR count). The van der Waals surface area contributed by atoms with Crippen LogP contribution in [0.5, 0.6) is 0 Å². The summed E-state index contributed by atoms with van der Waals surface area (Å²) in [7, 11) is 0. The quantitative estimate of drug-likeness (QED) is 0.464. The van der Waals surface area contributed by atoms with Crippen LogP contribution in [0.25, 0.3) is 6.08 Å². The average molecular weight is 351 g/mol. The summed E-state index contributed by atoms with van der Waals surface area (Å²) in [6.07, 6.45) is 3.97. The topological polar surface area (TPSA) is 64.6 Å². The normalized spacial score (nSPS) is 11.2. The van der Waals surface area contributed by atoms with Crippen LogP contribution in [0.3, 0.4) is 0 Å². The van der Waals surface area contributed by atoms with Crippen LogP contribution in [-0.4, -0.2) is 18.7 Å². The van der Waals surface area contributed by atoms with Crippen molar-refractivity contribution in [3.63, 3.8) is 0 Å². The predicted octanol–water partition coefficient (Wildman–Crippen LogP) is 4.07. The van der Waals surface area contributed by atoms with E-state index in [0.29, 0.717) is 0 Å². The molecule has 2 aromatic carbocycles. The molecule has 2 aromatic rings. The fourth-order valence-corrected chi connectivity index (χ4v) is 2.06. The van der Waals surface area contributed by atoms with Crippen molar-refractivity contribution in [3.8, 4) is 0 Å². The Labute approximate surface area is 152 Å². The second-order valence-corrected chi connectivity index (χ2v) is 5.28. The minimum atomic E-state index is -0.651. The Bertz CT molecular complexity index is 767. The number of carbonyl (C=O) groups excluding carboxylic acids is 2. The van der Waals surface area contributed by atoms with Crippen molar-refractivity contribution in [3.05, 3.63) is 89.6 Å². The maximum absolute atomic E-state index is 12.0. The Hall–Kier alpha value is -3.34. The lowest BCUT2D eigenvalue weighted by molar-refractivity contribution is -0.137. The van der Waals surface area contributed by atoms with Gasteiger partial charge in [-0.3, -0.25) is 5.32 Å². The van der Waals surface area contributed by atoms with Crippen LogP contribution in [-0.2, 0) is 20.9 Å². The highest BCUT2D eigenvalue weighted by molar-refractivity contribution is 5.85. The standard InChI is InChI=1S/C21H21NO4/c1-2-25-20(23)15-19(14-13-17-9-5-3-6-10-17)22-21(24)26-16-18-11-7-4-8-12-18/h3-15H,2,16H2,1H3,(H,22,24)/b14-13+,19-15-. The summed E-state index contributed by atoms with van der Waals surface area (Å²) < 4.78 is 10.1. The molecule has 0 spiro atoms. The molecule has 0 saturated heterocycles. The van der Waals surface area contributed by atoms with Gasteiger partial charge in [-0.1, -0.05) is 66.7 Å². The van der Waals surface area contributed by atoms with Gasteiger partial charge in [-0.25, -0.2) is 9.59 Å². The number of ether oxygens (including phenoxy) is 2. The van der Waals surface area contributed by atoms with Crippen molar-refractivity contribution < 1.29 is 19.1 Å². The molecular weight excluding hydrogens is 330 g/mol. The van der Waals surface area contributed by atoms with E-state index in [9.17, 15) is 9.59 Å². The molecule has 0 fully saturated rings. The lowest BCUT2D eigenvalue weighted by Gasteiger charge is -2.08. The van der Waals surface area contributed by atoms with Crippen molar-refractivity contribution in [2.75, 3.05) is 6.61 Å². The summed E-state index contributed by atoms with van der Waals surface area (Å²) in [6.45, 7) is 2.11. The van der Waals surface area contributed by atoms with Crippen molar-refractivity contribution >= 4 is 18.1 Å². The number of hydrogen-bond acceptors (Lipinski definition) is 4. The first kappa shape index (κ1) is 19.0. The number of alkyl carbamates (subject to hydrolysis) is 1. The maximum Gasteiger partial charge on any atom is 0.411 e. The van der Waals surface area contributed by atoms with E-state index in [1.54, 1.807) is 19.1 Å². The Kier molecular flexibility index (Phi) is 7.68. The van der Waals surface area contributed by atoms with Gasteiger partial charge in [-0.2, -0.15) is 0 Å². The van der Waals surface area contributed by atoms with E-state index in [1.165, 1.54) is 6.08 Å². The van der Waals surface area contributed by atoms with Gasteiger partial charge in [0.1, 0.15) is 6.61 Å². The van der Waals surface area contributed by atoms with Gasteiger partial charge in [-0.05, 0) is 24.1 Å². The molecule has 0 aliphatic rings. The van der Waals surface area contributed by atoms with Gasteiger partial charge in [-0.15, -0.1) is 0 Å². The van der Waals surface area contributed by atoms with Crippen LogP contribution in [0.4, 0.5) is 4.79 Å². The summed E-state index contributed by atoms with van der Waals surface area (Å²) in [4.78, 5) is 23.7. The Morgan fingerprint density at radius 3 is 2.27 bits per heavy atom. The number of allylic oxidation sites excluding steroid dienone is 1. The highest BCUT2D eigenvalue weighted by Crippen LogP contribution is 2.06. The average Bonchev–Trinajstić information content (AvgIpc) is 2.66. The van der Waals surface area contributed by atoms with E-state index in [2.05, 4.69) is 5.32 Å². The SMILES string of the molecule is CCOC(=O)/C=C(/C=C/c1ccccc1)NC(=O)OCc1ccccc1. The molecule has 0 unspecified atom stereocenters. The molecule has 26 heavy (non-hydrogen) atoms. The van der Waals surface area contributed by atoms with Crippen molar-refractivity contribution in [1.29, 1.82) is 0 Å². The summed E-state index contributed by atoms with van der Waals surface area (Å²) in [5, 5.41) is 2.56. The molecule has 0 heterocycles. The molecule has 0 aromatic heterocycles. The molecule has 0 atom stereocenters. The molecule has 1 N–H and O–H groups in total. The molecule has 5 nitrogen and oxygen atoms in total. The lowest BCUT2D eigenvalue weighted by atomic mass is 10.2. The fraction of sp³-hybridized carbons (Fsp3) is 0.143. The first-order valence-electron chi connectivity index (χ1n) is 8.26. The molecule has 0 aliphatic heterocycles. The molecule has 1 amide bonds. The number of amides is 1. The van der Waals surface area contributed by atoms with Crippen LogP contribution in [0.1, 0.15) is 18.1 Å². The predicted molar refractivity (Wildman–Crippen MR) is 100.0 cm³/mol. The summed E-state index contributed by atoms with van der Waals surface area (Å²) in [5.74, 6) is -0.538. The van der Waals surface area contributed by atoms with Gasteiger partial charge >= 0.3 is 12.1 Å². The van der Waals surface area contributed by atoms with Crippen LogP contribution in [0.15, 0.2) is 78.5 Å². The number of rotatable bonds is 7. The third-order valence-corrected chi connectivity index (χ3v) is 3.27. The zero-order valence-electron chi connectivity index (χ0n) is 14.6. The lowest BCUT2D eigenvalue weighted by Crippen LogP contribution is -2.23. The molecule has 5 heteroatoms. The largest absolute Gasteiger partial charge is 0.463 e. The summed E-state index contributed by atoms with van der Waals surface area (Å²) >= 11 is 0. The number of esters is 1. The Morgan fingerprint density at radius 2 is 1.62 bits per heavy atom. The Balaban J connectivity index is 2.02. The van der Waals surface area contributed by atoms with Crippen LogP contribution >= 0.6 is 0 Å². The minimum absolute atomic E-state index is 0.141. The van der Waals surface area contributed by atoms with Crippen molar-refractivity contribution in [2.24, 2.45) is 0 Å². The van der Waals surface area contributed by atoms with Gasteiger partial charge in [0.2, 0.25) is 0 Å². The molecule has 0 bridgehead atoms. The number of benzene rings is 2. The third-order valence-electron chi connectivity index (χ3n) is 3.27. The van der Waals surface area contributed by atoms with Gasteiger partial charge in [0.05, 0.1) is 12.3 Å². The third kappa shape index (κ3) is 7.05. The zero-order valence-corrected chi connectivity index (χ0v) is 14.6. The zero-order chi connectivity index (χ0) is 18.6. The van der Waals surface area contributed by atoms with E-state index in [-0.39, 0.29) is 18.9 Å². The summed E-state index contributed by atoms with van der Waals surface area (Å²) in [6, 6.07) is 18.9. The van der Waals surface area contributed by atoms with E-state index in [1.807, 2.05) is 60.7 Å². The highest BCUT2D eigenvalue weighted by atomic mass is 16.5. The van der Waals surface area contributed by atoms with E-state index in [4.69, 9.17) is 9.47 Å². The molecule has 134 valence electrons. The smallest absolute Gasteiger partial charge is 0.411 e. The Morgan fingerprint density at radius 1 is 0.962 bits per heavy atom. The molecule has 0 radical (unpaired) electrons. The second-order valence-electron chi connectivity index (χ2n) is 5.28. The monoisotopic (exact) mass is 351 g/mol. The molecule has 0 aliphatic carbocycles. The minimum Gasteiger partial charge on any atom is -0.463 e. The van der Waals surface area contributed by atoms with Crippen LogP contribution < -0.4 is 5.32 Å². The maximum atomic E-state index is 12.0. The van der Waals surface area contributed by atoms with Crippen molar-refractivity contribution in [2.45, 2.75) is 13.5 Å². The van der Waals surface area contributed by atoms with Gasteiger partial charge in [0, 0.05) is 6.08 Å². The number of carbonyl (C=O) groups is 2. The number of hydrogen-bond donors (Lipinski definition) is 1. The van der Waals surface area contributed by atoms with Gasteiger partial charge in [0.15, 0.2) is 0 Å². The molecule has 0 saturated carbocycles. The van der Waals surface area contributed by atoms with Crippen LogP contribution in [0.2, 0.25) is 0 Å².